The van der Waals surface area contributed by atoms with Gasteiger partial charge in [-0.25, -0.2) is 0 Å². The van der Waals surface area contributed by atoms with Crippen LogP contribution < -0.4 is 0 Å². The van der Waals surface area contributed by atoms with Gasteiger partial charge in [0.2, 0.25) is 0 Å². The first-order valence-corrected chi connectivity index (χ1v) is 6.13. The monoisotopic (exact) mass is 266 g/mol. The largest absolute Gasteiger partial charge is 0.296 e. The zero-order valence-corrected chi connectivity index (χ0v) is 9.59. The van der Waals surface area contributed by atoms with E-state index in [2.05, 4.69) is 10.4 Å². The van der Waals surface area contributed by atoms with Gasteiger partial charge in [-0.1, -0.05) is 18.2 Å². The van der Waals surface area contributed by atoms with Crippen LogP contribution in [-0.4, -0.2) is 13.0 Å². The number of rotatable bonds is 3. The van der Waals surface area contributed by atoms with Crippen LogP contribution in [0.4, 0.5) is 11.4 Å². The summed E-state index contributed by atoms with van der Waals surface area (Å²) in [6, 6.07) is 6.54. The van der Waals surface area contributed by atoms with Crippen molar-refractivity contribution in [3.05, 3.63) is 40.1 Å². The highest BCUT2D eigenvalue weighted by molar-refractivity contribution is 7.86. The summed E-state index contributed by atoms with van der Waals surface area (Å²) in [6.45, 7) is 0. The molecule has 2 aromatic carbocycles. The summed E-state index contributed by atoms with van der Waals surface area (Å²) in [5, 5.41) is 5.79. The van der Waals surface area contributed by atoms with Gasteiger partial charge in [0.1, 0.15) is 16.3 Å². The number of nitrogens with zero attached hydrogens (tertiary/aromatic N) is 2. The van der Waals surface area contributed by atoms with Crippen LogP contribution in [0.5, 0.6) is 0 Å². The van der Waals surface area contributed by atoms with Gasteiger partial charge in [-0.05, 0) is 22.5 Å². The first kappa shape index (κ1) is 12.3. The molecule has 8 heteroatoms. The lowest BCUT2D eigenvalue weighted by Crippen LogP contribution is -1.98. The van der Waals surface area contributed by atoms with E-state index in [1.54, 1.807) is 0 Å². The molecule has 0 bridgehead atoms. The number of fused-ring (bicyclic) bond motifs is 1. The van der Waals surface area contributed by atoms with Crippen LogP contribution in [0.3, 0.4) is 0 Å². The van der Waals surface area contributed by atoms with E-state index < -0.39 is 20.7 Å². The fourth-order valence-corrected chi connectivity index (χ4v) is 2.32. The molecule has 2 rings (SSSR count). The van der Waals surface area contributed by atoms with Gasteiger partial charge in [-0.15, -0.1) is 9.81 Å². The summed E-state index contributed by atoms with van der Waals surface area (Å²) < 4.78 is 31.1. The second kappa shape index (κ2) is 4.24. The minimum Gasteiger partial charge on any atom is -0.282 e. The molecule has 0 atom stereocenters. The van der Waals surface area contributed by atoms with Crippen LogP contribution in [0, 0.1) is 9.81 Å². The minimum atomic E-state index is -4.56. The Morgan fingerprint density at radius 3 is 2.22 bits per heavy atom. The standard InChI is InChI=1S/C10H6N2O5S/c13-11-8-3-1-2-7-6(8)4-5-9(10(7)12-14)18(15,16)17/h1-5H,(H,15,16,17). The summed E-state index contributed by atoms with van der Waals surface area (Å²) in [7, 11) is -4.56. The van der Waals surface area contributed by atoms with Crippen LogP contribution >= 0.6 is 0 Å². The zero-order valence-electron chi connectivity index (χ0n) is 8.77. The van der Waals surface area contributed by atoms with Gasteiger partial charge in [0.25, 0.3) is 10.1 Å². The van der Waals surface area contributed by atoms with Gasteiger partial charge in [0.05, 0.1) is 0 Å². The third-order valence-corrected chi connectivity index (χ3v) is 3.33. The van der Waals surface area contributed by atoms with Crippen molar-refractivity contribution in [3.63, 3.8) is 0 Å². The van der Waals surface area contributed by atoms with Gasteiger partial charge in [-0.3, -0.25) is 4.55 Å². The van der Waals surface area contributed by atoms with Crippen molar-refractivity contribution in [1.82, 2.24) is 0 Å². The lowest BCUT2D eigenvalue weighted by atomic mass is 10.1. The molecule has 0 spiro atoms. The number of benzene rings is 2. The molecule has 0 fully saturated rings. The summed E-state index contributed by atoms with van der Waals surface area (Å²) in [4.78, 5) is 20.7. The SMILES string of the molecule is O=Nc1cccc2c(N=O)c(S(=O)(=O)O)ccc12. The smallest absolute Gasteiger partial charge is 0.282 e. The average Bonchev–Trinajstić information content (AvgIpc) is 2.35. The first-order valence-electron chi connectivity index (χ1n) is 4.69. The van der Waals surface area contributed by atoms with Crippen molar-refractivity contribution in [2.45, 2.75) is 4.90 Å². The maximum atomic E-state index is 11.1. The molecule has 0 aliphatic carbocycles. The lowest BCUT2D eigenvalue weighted by molar-refractivity contribution is 0.483. The van der Waals surface area contributed by atoms with Crippen LogP contribution in [0.15, 0.2) is 45.6 Å². The van der Waals surface area contributed by atoms with Crippen molar-refractivity contribution in [2.75, 3.05) is 0 Å². The summed E-state index contributed by atoms with van der Waals surface area (Å²) in [5.41, 5.74) is -0.389. The fraction of sp³-hybridized carbons (Fsp3) is 0. The minimum absolute atomic E-state index is 0.0549. The Morgan fingerprint density at radius 2 is 1.67 bits per heavy atom. The third-order valence-electron chi connectivity index (χ3n) is 2.44. The second-order valence-corrected chi connectivity index (χ2v) is 4.83. The molecule has 2 aromatic rings. The summed E-state index contributed by atoms with van der Waals surface area (Å²) >= 11 is 0. The molecule has 0 radical (unpaired) electrons. The Hall–Kier alpha value is -2.19. The molecule has 92 valence electrons. The van der Waals surface area contributed by atoms with Gasteiger partial charge in [0.15, 0.2) is 0 Å². The van der Waals surface area contributed by atoms with Crippen LogP contribution in [0.2, 0.25) is 0 Å². The van der Waals surface area contributed by atoms with E-state index in [1.807, 2.05) is 0 Å². The Bertz CT molecular complexity index is 754. The Balaban J connectivity index is 2.98. The molecule has 0 saturated carbocycles. The van der Waals surface area contributed by atoms with Crippen LogP contribution in [0.25, 0.3) is 10.8 Å². The topological polar surface area (TPSA) is 113 Å². The van der Waals surface area contributed by atoms with E-state index in [0.717, 1.165) is 6.07 Å². The second-order valence-electron chi connectivity index (χ2n) is 3.44. The van der Waals surface area contributed by atoms with Gasteiger partial charge in [-0.2, -0.15) is 8.42 Å². The molecule has 18 heavy (non-hydrogen) atoms. The average molecular weight is 266 g/mol. The van der Waals surface area contributed by atoms with Crippen LogP contribution in [-0.2, 0) is 10.1 Å². The Kier molecular flexibility index (Phi) is 2.89. The fourth-order valence-electron chi connectivity index (χ4n) is 1.69. The van der Waals surface area contributed by atoms with Crippen molar-refractivity contribution in [2.24, 2.45) is 10.4 Å². The van der Waals surface area contributed by atoms with Crippen LogP contribution in [0.1, 0.15) is 0 Å². The highest BCUT2D eigenvalue weighted by Gasteiger charge is 2.19. The lowest BCUT2D eigenvalue weighted by Gasteiger charge is -2.05. The highest BCUT2D eigenvalue weighted by Crippen LogP contribution is 2.36. The van der Waals surface area contributed by atoms with E-state index in [1.165, 1.54) is 24.3 Å². The molecule has 0 saturated heterocycles. The van der Waals surface area contributed by atoms with E-state index >= 15 is 0 Å². The van der Waals surface area contributed by atoms with Gasteiger partial charge >= 0.3 is 0 Å². The molecule has 0 heterocycles. The third kappa shape index (κ3) is 1.87. The molecule has 7 nitrogen and oxygen atoms in total. The summed E-state index contributed by atoms with van der Waals surface area (Å²) in [5.74, 6) is 0. The molecule has 0 unspecified atom stereocenters. The number of nitroso groups, excluding NO2 is 2. The quantitative estimate of drug-likeness (QED) is 0.677. The maximum Gasteiger partial charge on any atom is 0.296 e. The van der Waals surface area contributed by atoms with Crippen molar-refractivity contribution in [3.8, 4) is 0 Å². The predicted molar refractivity (Wildman–Crippen MR) is 64.7 cm³/mol. The molecule has 0 aliphatic rings. The normalized spacial score (nSPS) is 11.4. The number of hydrogen-bond donors (Lipinski definition) is 1. The first-order chi connectivity index (χ1) is 8.49. The zero-order chi connectivity index (χ0) is 13.3. The Morgan fingerprint density at radius 1 is 0.944 bits per heavy atom. The molecular formula is C10H6N2O5S. The van der Waals surface area contributed by atoms with Gasteiger partial charge < -0.3 is 0 Å². The number of hydrogen-bond acceptors (Lipinski definition) is 6. The van der Waals surface area contributed by atoms with Gasteiger partial charge in [0, 0.05) is 10.8 Å². The van der Waals surface area contributed by atoms with Crippen molar-refractivity contribution in [1.29, 1.82) is 0 Å². The van der Waals surface area contributed by atoms with E-state index in [-0.39, 0.29) is 16.5 Å². The summed E-state index contributed by atoms with van der Waals surface area (Å²) in [6.07, 6.45) is 0. The van der Waals surface area contributed by atoms with Crippen molar-refractivity contribution >= 4 is 32.3 Å². The molecule has 0 aromatic heterocycles. The highest BCUT2D eigenvalue weighted by atomic mass is 32.2. The van der Waals surface area contributed by atoms with Crippen molar-refractivity contribution < 1.29 is 13.0 Å². The maximum absolute atomic E-state index is 11.1. The van der Waals surface area contributed by atoms with E-state index in [9.17, 15) is 18.2 Å². The molecular weight excluding hydrogens is 260 g/mol. The van der Waals surface area contributed by atoms with E-state index in [0.29, 0.717) is 0 Å². The predicted octanol–water partition coefficient (Wildman–Crippen LogP) is 2.88. The molecule has 0 amide bonds. The van der Waals surface area contributed by atoms with E-state index in [4.69, 9.17) is 4.55 Å². The molecule has 1 N–H and O–H groups in total. The Labute approximate surface area is 101 Å². The molecule has 0 aliphatic heterocycles.